The highest BCUT2D eigenvalue weighted by molar-refractivity contribution is 5.41. The first kappa shape index (κ1) is 16.7. The Labute approximate surface area is 144 Å². The van der Waals surface area contributed by atoms with Gasteiger partial charge in [0.2, 0.25) is 5.88 Å². The third kappa shape index (κ3) is 4.03. The van der Waals surface area contributed by atoms with Crippen LogP contribution in [0.2, 0.25) is 0 Å². The Bertz CT molecular complexity index is 651. The van der Waals surface area contributed by atoms with Gasteiger partial charge in [-0.15, -0.1) is 0 Å². The predicted molar refractivity (Wildman–Crippen MR) is 96.5 cm³/mol. The maximum Gasteiger partial charge on any atom is 0.218 e. The summed E-state index contributed by atoms with van der Waals surface area (Å²) in [6.45, 7) is 5.17. The molecule has 0 unspecified atom stereocenters. The van der Waals surface area contributed by atoms with Crippen LogP contribution >= 0.6 is 0 Å². The molecule has 1 fully saturated rings. The van der Waals surface area contributed by atoms with Crippen molar-refractivity contribution in [1.82, 2.24) is 14.9 Å². The van der Waals surface area contributed by atoms with Crippen LogP contribution in [0.25, 0.3) is 0 Å². The third-order valence-electron chi connectivity index (χ3n) is 4.80. The molecule has 5 nitrogen and oxygen atoms in total. The molecule has 0 saturated carbocycles. The Morgan fingerprint density at radius 2 is 1.88 bits per heavy atom. The number of nitrogens with zero attached hydrogens (tertiary/aromatic N) is 4. The van der Waals surface area contributed by atoms with E-state index >= 15 is 0 Å². The van der Waals surface area contributed by atoms with E-state index < -0.39 is 0 Å². The molecular weight excluding hydrogens is 300 g/mol. The van der Waals surface area contributed by atoms with Crippen LogP contribution in [-0.2, 0) is 6.54 Å². The molecule has 0 N–H and O–H groups in total. The van der Waals surface area contributed by atoms with E-state index in [4.69, 9.17) is 4.74 Å². The summed E-state index contributed by atoms with van der Waals surface area (Å²) in [7, 11) is 3.87. The van der Waals surface area contributed by atoms with Gasteiger partial charge in [0.25, 0.3) is 0 Å². The second-order valence-corrected chi connectivity index (χ2v) is 6.54. The van der Waals surface area contributed by atoms with Crippen molar-refractivity contribution >= 4 is 5.82 Å². The topological polar surface area (TPSA) is 41.5 Å². The zero-order valence-corrected chi connectivity index (χ0v) is 14.8. The lowest BCUT2D eigenvalue weighted by atomic mass is 10.0. The minimum Gasteiger partial charge on any atom is -0.481 e. The maximum atomic E-state index is 5.19. The highest BCUT2D eigenvalue weighted by Gasteiger charge is 2.23. The molecule has 3 rings (SSSR count). The lowest BCUT2D eigenvalue weighted by Crippen LogP contribution is -2.43. The van der Waals surface area contributed by atoms with Crippen LogP contribution in [0.15, 0.2) is 36.7 Å². The number of benzene rings is 1. The van der Waals surface area contributed by atoms with Crippen molar-refractivity contribution in [3.8, 4) is 5.88 Å². The molecule has 24 heavy (non-hydrogen) atoms. The van der Waals surface area contributed by atoms with Gasteiger partial charge in [0.15, 0.2) is 0 Å². The molecule has 1 aliphatic heterocycles. The zero-order valence-electron chi connectivity index (χ0n) is 14.8. The van der Waals surface area contributed by atoms with Crippen LogP contribution in [0.5, 0.6) is 5.88 Å². The van der Waals surface area contributed by atoms with Crippen LogP contribution in [0.1, 0.15) is 24.0 Å². The van der Waals surface area contributed by atoms with Crippen molar-refractivity contribution in [1.29, 1.82) is 0 Å². The summed E-state index contributed by atoms with van der Waals surface area (Å²) in [5.74, 6) is 1.58. The Morgan fingerprint density at radius 3 is 2.54 bits per heavy atom. The second-order valence-electron chi connectivity index (χ2n) is 6.54. The minimum atomic E-state index is 0.617. The number of piperidine rings is 1. The Kier molecular flexibility index (Phi) is 5.30. The second kappa shape index (κ2) is 7.62. The number of aryl methyl sites for hydroxylation is 1. The number of aromatic nitrogens is 2. The molecule has 0 amide bonds. The number of ether oxygens (including phenoxy) is 1. The van der Waals surface area contributed by atoms with E-state index in [2.05, 4.69) is 58.0 Å². The predicted octanol–water partition coefficient (Wildman–Crippen LogP) is 2.89. The van der Waals surface area contributed by atoms with Crippen LogP contribution in [0.4, 0.5) is 5.82 Å². The first-order valence-electron chi connectivity index (χ1n) is 8.52. The van der Waals surface area contributed by atoms with Gasteiger partial charge in [-0.3, -0.25) is 4.90 Å². The average Bonchev–Trinajstić information content (AvgIpc) is 2.64. The standard InChI is InChI=1S/C19H26N4O/c1-15-4-6-16(7-5-15)13-22(2)17-8-10-23(11-9-17)18-12-19(24-3)21-14-20-18/h4-7,12,14,17H,8-11,13H2,1-3H3. The minimum absolute atomic E-state index is 0.617. The Morgan fingerprint density at radius 1 is 1.17 bits per heavy atom. The molecular formula is C19H26N4O. The van der Waals surface area contributed by atoms with Gasteiger partial charge in [-0.2, -0.15) is 0 Å². The summed E-state index contributed by atoms with van der Waals surface area (Å²) in [5.41, 5.74) is 2.70. The van der Waals surface area contributed by atoms with E-state index in [-0.39, 0.29) is 0 Å². The van der Waals surface area contributed by atoms with Crippen LogP contribution < -0.4 is 9.64 Å². The summed E-state index contributed by atoms with van der Waals surface area (Å²) in [5, 5.41) is 0. The highest BCUT2D eigenvalue weighted by Crippen LogP contribution is 2.23. The largest absolute Gasteiger partial charge is 0.481 e. The zero-order chi connectivity index (χ0) is 16.9. The molecule has 5 heteroatoms. The van der Waals surface area contributed by atoms with Gasteiger partial charge in [-0.1, -0.05) is 29.8 Å². The molecule has 1 aliphatic rings. The number of anilines is 1. The van der Waals surface area contributed by atoms with Crippen LogP contribution in [0, 0.1) is 6.92 Å². The summed E-state index contributed by atoms with van der Waals surface area (Å²) in [4.78, 5) is 13.3. The van der Waals surface area contributed by atoms with E-state index in [1.165, 1.54) is 11.1 Å². The van der Waals surface area contributed by atoms with E-state index in [9.17, 15) is 0 Å². The van der Waals surface area contributed by atoms with E-state index in [1.807, 2.05) is 6.07 Å². The van der Waals surface area contributed by atoms with E-state index in [1.54, 1.807) is 13.4 Å². The van der Waals surface area contributed by atoms with Crippen molar-refractivity contribution in [2.75, 3.05) is 32.1 Å². The Hall–Kier alpha value is -2.14. The molecule has 0 spiro atoms. The van der Waals surface area contributed by atoms with Gasteiger partial charge < -0.3 is 9.64 Å². The van der Waals surface area contributed by atoms with Gasteiger partial charge in [0.1, 0.15) is 12.1 Å². The molecule has 2 aromatic rings. The van der Waals surface area contributed by atoms with Crippen molar-refractivity contribution in [3.63, 3.8) is 0 Å². The fraction of sp³-hybridized carbons (Fsp3) is 0.474. The normalized spacial score (nSPS) is 15.8. The van der Waals surface area contributed by atoms with Crippen molar-refractivity contribution in [2.45, 2.75) is 32.4 Å². The molecule has 1 aromatic carbocycles. The number of rotatable bonds is 5. The molecule has 0 bridgehead atoms. The fourth-order valence-electron chi connectivity index (χ4n) is 3.26. The smallest absolute Gasteiger partial charge is 0.218 e. The van der Waals surface area contributed by atoms with Crippen molar-refractivity contribution in [2.24, 2.45) is 0 Å². The number of hydrogen-bond acceptors (Lipinski definition) is 5. The van der Waals surface area contributed by atoms with Gasteiger partial charge in [0.05, 0.1) is 7.11 Å². The molecule has 1 aromatic heterocycles. The molecule has 128 valence electrons. The number of hydrogen-bond donors (Lipinski definition) is 0. The lowest BCUT2D eigenvalue weighted by molar-refractivity contribution is 0.200. The average molecular weight is 326 g/mol. The van der Waals surface area contributed by atoms with Crippen LogP contribution in [-0.4, -0.2) is 48.2 Å². The lowest BCUT2D eigenvalue weighted by Gasteiger charge is -2.37. The maximum absolute atomic E-state index is 5.19. The van der Waals surface area contributed by atoms with Crippen molar-refractivity contribution in [3.05, 3.63) is 47.8 Å². The molecule has 0 aliphatic carbocycles. The first-order valence-corrected chi connectivity index (χ1v) is 8.52. The molecule has 1 saturated heterocycles. The summed E-state index contributed by atoms with van der Waals surface area (Å²) in [6.07, 6.45) is 3.87. The van der Waals surface area contributed by atoms with Crippen molar-refractivity contribution < 1.29 is 4.74 Å². The van der Waals surface area contributed by atoms with Gasteiger partial charge in [-0.05, 0) is 32.4 Å². The van der Waals surface area contributed by atoms with Gasteiger partial charge >= 0.3 is 0 Å². The Balaban J connectivity index is 1.55. The van der Waals surface area contributed by atoms with E-state index in [0.29, 0.717) is 11.9 Å². The highest BCUT2D eigenvalue weighted by atomic mass is 16.5. The third-order valence-corrected chi connectivity index (χ3v) is 4.80. The monoisotopic (exact) mass is 326 g/mol. The fourth-order valence-corrected chi connectivity index (χ4v) is 3.26. The first-order chi connectivity index (χ1) is 11.7. The van der Waals surface area contributed by atoms with Crippen LogP contribution in [0.3, 0.4) is 0 Å². The van der Waals surface area contributed by atoms with Gasteiger partial charge in [0, 0.05) is 31.7 Å². The van der Waals surface area contributed by atoms with Gasteiger partial charge in [-0.25, -0.2) is 9.97 Å². The summed E-state index contributed by atoms with van der Waals surface area (Å²) >= 11 is 0. The number of methoxy groups -OCH3 is 1. The SMILES string of the molecule is COc1cc(N2CCC(N(C)Cc3ccc(C)cc3)CC2)ncn1. The summed E-state index contributed by atoms with van der Waals surface area (Å²) in [6, 6.07) is 11.4. The summed E-state index contributed by atoms with van der Waals surface area (Å²) < 4.78 is 5.19. The molecule has 2 heterocycles. The van der Waals surface area contributed by atoms with E-state index in [0.717, 1.165) is 38.3 Å². The molecule has 0 radical (unpaired) electrons. The quantitative estimate of drug-likeness (QED) is 0.845. The molecule has 0 atom stereocenters.